The van der Waals surface area contributed by atoms with E-state index >= 15 is 0 Å². The van der Waals surface area contributed by atoms with Crippen LogP contribution in [0.25, 0.3) is 9.78 Å². The number of aromatic nitrogens is 1. The molecule has 120 valence electrons. The molecule has 0 spiro atoms. The van der Waals surface area contributed by atoms with Gasteiger partial charge >= 0.3 is 143 Å². The fraction of sp³-hybridized carbons (Fsp3) is 0.316. The maximum atomic E-state index is 9.90. The molecule has 0 aliphatic rings. The van der Waals surface area contributed by atoms with Crippen molar-refractivity contribution in [3.05, 3.63) is 60.2 Å². The van der Waals surface area contributed by atoms with Crippen molar-refractivity contribution in [1.82, 2.24) is 4.98 Å². The number of fused-ring (bicyclic) bond motifs is 1. The van der Waals surface area contributed by atoms with Crippen molar-refractivity contribution in [1.29, 1.82) is 0 Å². The second kappa shape index (κ2) is 7.31. The van der Waals surface area contributed by atoms with Crippen LogP contribution in [0, 0.1) is 11.8 Å². The third kappa shape index (κ3) is 3.66. The van der Waals surface area contributed by atoms with Crippen molar-refractivity contribution < 1.29 is 5.11 Å². The SMILES string of the molecule is CC(C)[C@H](CO)[C@H](Nc1nc2ccccc2[se]1)c1ccccc1. The number of nitrogens with one attached hydrogen (secondary N) is 1. The summed E-state index contributed by atoms with van der Waals surface area (Å²) in [5, 5.41) is 13.5. The zero-order valence-corrected chi connectivity index (χ0v) is 15.2. The van der Waals surface area contributed by atoms with E-state index in [1.165, 1.54) is 9.82 Å². The number of nitrogens with zero attached hydrogens (tertiary/aromatic N) is 1. The molecule has 0 radical (unpaired) electrons. The van der Waals surface area contributed by atoms with Gasteiger partial charge < -0.3 is 0 Å². The quantitative estimate of drug-likeness (QED) is 0.648. The number of benzene rings is 2. The van der Waals surface area contributed by atoms with Gasteiger partial charge in [-0.1, -0.05) is 0 Å². The third-order valence-electron chi connectivity index (χ3n) is 4.23. The van der Waals surface area contributed by atoms with E-state index in [0.717, 1.165) is 10.2 Å². The van der Waals surface area contributed by atoms with E-state index in [9.17, 15) is 5.11 Å². The fourth-order valence-electron chi connectivity index (χ4n) is 2.87. The Kier molecular flexibility index (Phi) is 5.16. The molecule has 0 saturated heterocycles. The first-order valence-electron chi connectivity index (χ1n) is 7.97. The van der Waals surface area contributed by atoms with Crippen molar-refractivity contribution in [2.75, 3.05) is 11.9 Å². The predicted octanol–water partition coefficient (Wildman–Crippen LogP) is 3.71. The Balaban J connectivity index is 1.94. The molecule has 2 N–H and O–H groups in total. The predicted molar refractivity (Wildman–Crippen MR) is 96.9 cm³/mol. The first-order chi connectivity index (χ1) is 11.2. The van der Waals surface area contributed by atoms with E-state index in [1.54, 1.807) is 0 Å². The molecule has 0 amide bonds. The van der Waals surface area contributed by atoms with E-state index < -0.39 is 0 Å². The average Bonchev–Trinajstić information content (AvgIpc) is 2.97. The third-order valence-corrected chi connectivity index (χ3v) is 6.26. The Hall–Kier alpha value is -1.61. The van der Waals surface area contributed by atoms with Gasteiger partial charge in [0.2, 0.25) is 0 Å². The van der Waals surface area contributed by atoms with Gasteiger partial charge in [0.1, 0.15) is 0 Å². The summed E-state index contributed by atoms with van der Waals surface area (Å²) in [6.45, 7) is 4.49. The number of aliphatic hydroxyl groups excluding tert-OH is 1. The minimum absolute atomic E-state index is 0.0798. The monoisotopic (exact) mass is 374 g/mol. The number of para-hydroxylation sites is 1. The molecule has 0 fully saturated rings. The van der Waals surface area contributed by atoms with Gasteiger partial charge in [-0.2, -0.15) is 0 Å². The summed E-state index contributed by atoms with van der Waals surface area (Å²) in [6.07, 6.45) is 0. The van der Waals surface area contributed by atoms with Gasteiger partial charge in [0.05, 0.1) is 0 Å². The Morgan fingerprint density at radius 3 is 2.39 bits per heavy atom. The van der Waals surface area contributed by atoms with Crippen LogP contribution in [0.1, 0.15) is 25.5 Å². The van der Waals surface area contributed by atoms with Crippen molar-refractivity contribution >= 4 is 29.0 Å². The van der Waals surface area contributed by atoms with Gasteiger partial charge in [-0.25, -0.2) is 0 Å². The van der Waals surface area contributed by atoms with E-state index in [2.05, 4.69) is 61.6 Å². The molecule has 0 bridgehead atoms. The van der Waals surface area contributed by atoms with Gasteiger partial charge in [0.15, 0.2) is 0 Å². The molecule has 2 aromatic carbocycles. The Morgan fingerprint density at radius 2 is 1.74 bits per heavy atom. The number of hydrogen-bond acceptors (Lipinski definition) is 3. The molecule has 3 nitrogen and oxygen atoms in total. The Bertz CT molecular complexity index is 721. The van der Waals surface area contributed by atoms with Crippen LogP contribution in [0.2, 0.25) is 0 Å². The molecule has 0 aliphatic carbocycles. The van der Waals surface area contributed by atoms with Crippen LogP contribution in [0.15, 0.2) is 54.6 Å². The van der Waals surface area contributed by atoms with Crippen LogP contribution in [0.5, 0.6) is 0 Å². The zero-order chi connectivity index (χ0) is 16.2. The van der Waals surface area contributed by atoms with Crippen molar-refractivity contribution in [2.24, 2.45) is 11.8 Å². The van der Waals surface area contributed by atoms with Gasteiger partial charge in [0.25, 0.3) is 0 Å². The van der Waals surface area contributed by atoms with E-state index in [0.29, 0.717) is 5.92 Å². The second-order valence-electron chi connectivity index (χ2n) is 6.11. The Morgan fingerprint density at radius 1 is 1.04 bits per heavy atom. The normalized spacial score (nSPS) is 14.1. The Labute approximate surface area is 143 Å². The summed E-state index contributed by atoms with van der Waals surface area (Å²) in [4.78, 5) is 4.74. The number of aliphatic hydroxyl groups is 1. The summed E-state index contributed by atoms with van der Waals surface area (Å²) in [6, 6.07) is 18.8. The number of rotatable bonds is 6. The average molecular weight is 373 g/mol. The molecule has 3 rings (SSSR count). The van der Waals surface area contributed by atoms with Crippen molar-refractivity contribution in [3.8, 4) is 0 Å². The van der Waals surface area contributed by atoms with Gasteiger partial charge in [-0.05, 0) is 0 Å². The molecule has 4 heteroatoms. The van der Waals surface area contributed by atoms with Gasteiger partial charge in [0, 0.05) is 0 Å². The number of hydrogen-bond donors (Lipinski definition) is 2. The molecular weight excluding hydrogens is 351 g/mol. The van der Waals surface area contributed by atoms with Crippen molar-refractivity contribution in [2.45, 2.75) is 19.9 Å². The molecule has 0 saturated carbocycles. The fourth-order valence-corrected chi connectivity index (χ4v) is 4.76. The van der Waals surface area contributed by atoms with Gasteiger partial charge in [-0.15, -0.1) is 0 Å². The molecule has 3 aromatic rings. The summed E-state index contributed by atoms with van der Waals surface area (Å²) in [5.74, 6) is 0.536. The van der Waals surface area contributed by atoms with Crippen molar-refractivity contribution in [3.63, 3.8) is 0 Å². The summed E-state index contributed by atoms with van der Waals surface area (Å²) < 4.78 is 2.37. The zero-order valence-electron chi connectivity index (χ0n) is 13.4. The van der Waals surface area contributed by atoms with Crippen LogP contribution < -0.4 is 5.32 Å². The summed E-state index contributed by atoms with van der Waals surface area (Å²) in [7, 11) is 0. The van der Waals surface area contributed by atoms with Crippen LogP contribution in [-0.2, 0) is 0 Å². The standard InChI is InChI=1S/C19H22N2OSe/c1-13(2)15(12-22)18(14-8-4-3-5-9-14)21-19-20-16-10-6-7-11-17(16)23-19/h3-11,13,15,18,22H,12H2,1-2H3,(H,20,21)/t15-,18+/m0/s1. The van der Waals surface area contributed by atoms with Crippen LogP contribution in [0.3, 0.4) is 0 Å². The maximum absolute atomic E-state index is 9.90. The molecule has 0 unspecified atom stereocenters. The topological polar surface area (TPSA) is 45.1 Å². The molecule has 1 heterocycles. The van der Waals surface area contributed by atoms with E-state index in [4.69, 9.17) is 4.98 Å². The second-order valence-corrected chi connectivity index (χ2v) is 8.27. The van der Waals surface area contributed by atoms with Crippen LogP contribution in [-0.4, -0.2) is 31.2 Å². The first-order valence-corrected chi connectivity index (χ1v) is 9.68. The minimum atomic E-state index is 0.0798. The van der Waals surface area contributed by atoms with Gasteiger partial charge in [-0.3, -0.25) is 0 Å². The summed E-state index contributed by atoms with van der Waals surface area (Å²) in [5.41, 5.74) is 2.28. The van der Waals surface area contributed by atoms with Crippen LogP contribution >= 0.6 is 0 Å². The summed E-state index contributed by atoms with van der Waals surface area (Å²) >= 11 is 0.209. The molecule has 1 aromatic heterocycles. The van der Waals surface area contributed by atoms with Crippen LogP contribution in [0.4, 0.5) is 4.69 Å². The van der Waals surface area contributed by atoms with E-state index in [1.807, 2.05) is 12.1 Å². The number of anilines is 1. The molecule has 23 heavy (non-hydrogen) atoms. The molecular formula is C19H22N2OSe. The molecule has 2 atom stereocenters. The van der Waals surface area contributed by atoms with E-state index in [-0.39, 0.29) is 33.1 Å². The molecule has 0 aliphatic heterocycles. The first kappa shape index (κ1) is 16.3.